The Hall–Kier alpha value is -2.97. The Morgan fingerprint density at radius 3 is 2.25 bits per heavy atom. The van der Waals surface area contributed by atoms with Crippen molar-refractivity contribution in [2.75, 3.05) is 14.1 Å². The Bertz CT molecular complexity index is 1040. The molecule has 0 saturated heterocycles. The summed E-state index contributed by atoms with van der Waals surface area (Å²) < 4.78 is 27.3. The standard InChI is InChI=1S/C20H22N4O3S/c1-15(16-4-8-18(9-5-16)24-13-12-21-14-24)22-20(25)17-6-10-19(11-7-17)28(26,27)23(2)3/h4-15H,1-3H3,(H,22,25)/t15-/m0/s1. The van der Waals surface area contributed by atoms with Crippen molar-refractivity contribution >= 4 is 15.9 Å². The van der Waals surface area contributed by atoms with Crippen LogP contribution in [0.5, 0.6) is 0 Å². The van der Waals surface area contributed by atoms with Crippen LogP contribution in [0, 0.1) is 0 Å². The Morgan fingerprint density at radius 2 is 1.71 bits per heavy atom. The van der Waals surface area contributed by atoms with Gasteiger partial charge in [0.25, 0.3) is 5.91 Å². The third kappa shape index (κ3) is 4.13. The molecule has 0 radical (unpaired) electrons. The van der Waals surface area contributed by atoms with Gasteiger partial charge in [0.2, 0.25) is 10.0 Å². The summed E-state index contributed by atoms with van der Waals surface area (Å²) in [5.74, 6) is -0.264. The minimum atomic E-state index is -3.51. The fourth-order valence-corrected chi connectivity index (χ4v) is 3.60. The van der Waals surface area contributed by atoms with Crippen LogP contribution in [0.25, 0.3) is 5.69 Å². The van der Waals surface area contributed by atoms with Gasteiger partial charge in [-0.2, -0.15) is 0 Å². The highest BCUT2D eigenvalue weighted by atomic mass is 32.2. The Labute approximate surface area is 164 Å². The van der Waals surface area contributed by atoms with Crippen LogP contribution in [0.3, 0.4) is 0 Å². The molecule has 0 saturated carbocycles. The third-order valence-corrected chi connectivity index (χ3v) is 6.27. The predicted molar refractivity (Wildman–Crippen MR) is 107 cm³/mol. The molecule has 0 aliphatic rings. The van der Waals surface area contributed by atoms with Crippen molar-refractivity contribution in [1.29, 1.82) is 0 Å². The number of carbonyl (C=O) groups is 1. The molecule has 1 N–H and O–H groups in total. The number of imidazole rings is 1. The van der Waals surface area contributed by atoms with E-state index >= 15 is 0 Å². The SMILES string of the molecule is C[C@H](NC(=O)c1ccc(S(=O)(=O)N(C)C)cc1)c1ccc(-n2ccnc2)cc1. The molecular weight excluding hydrogens is 376 g/mol. The van der Waals surface area contributed by atoms with Gasteiger partial charge in [-0.25, -0.2) is 17.7 Å². The lowest BCUT2D eigenvalue weighted by molar-refractivity contribution is 0.0940. The average Bonchev–Trinajstić information content (AvgIpc) is 3.23. The monoisotopic (exact) mass is 398 g/mol. The van der Waals surface area contributed by atoms with E-state index in [2.05, 4.69) is 10.3 Å². The predicted octanol–water partition coefficient (Wildman–Crippen LogP) is 2.61. The summed E-state index contributed by atoms with van der Waals surface area (Å²) in [5, 5.41) is 2.93. The quantitative estimate of drug-likeness (QED) is 0.692. The van der Waals surface area contributed by atoms with Crippen LogP contribution in [-0.2, 0) is 10.0 Å². The van der Waals surface area contributed by atoms with Crippen LogP contribution >= 0.6 is 0 Å². The van der Waals surface area contributed by atoms with E-state index in [1.54, 1.807) is 12.5 Å². The number of rotatable bonds is 6. The van der Waals surface area contributed by atoms with Crippen LogP contribution in [0.1, 0.15) is 28.9 Å². The van der Waals surface area contributed by atoms with Crippen molar-refractivity contribution in [3.05, 3.63) is 78.4 Å². The summed E-state index contributed by atoms with van der Waals surface area (Å²) >= 11 is 0. The normalized spacial score (nSPS) is 12.7. The molecule has 0 fully saturated rings. The molecule has 7 nitrogen and oxygen atoms in total. The maximum Gasteiger partial charge on any atom is 0.251 e. The molecule has 0 aliphatic heterocycles. The van der Waals surface area contributed by atoms with Crippen molar-refractivity contribution in [3.63, 3.8) is 0 Å². The van der Waals surface area contributed by atoms with Crippen molar-refractivity contribution in [2.24, 2.45) is 0 Å². The number of hydrogen-bond acceptors (Lipinski definition) is 4. The van der Waals surface area contributed by atoms with Crippen LogP contribution in [0.4, 0.5) is 0 Å². The molecule has 3 aromatic rings. The van der Waals surface area contributed by atoms with E-state index in [0.717, 1.165) is 15.6 Å². The summed E-state index contributed by atoms with van der Waals surface area (Å²) in [7, 11) is -0.577. The van der Waals surface area contributed by atoms with E-state index in [9.17, 15) is 13.2 Å². The summed E-state index contributed by atoms with van der Waals surface area (Å²) in [6, 6.07) is 13.5. The van der Waals surface area contributed by atoms with Crippen molar-refractivity contribution in [2.45, 2.75) is 17.9 Å². The van der Waals surface area contributed by atoms with Gasteiger partial charge in [0, 0.05) is 37.7 Å². The van der Waals surface area contributed by atoms with Gasteiger partial charge < -0.3 is 9.88 Å². The number of benzene rings is 2. The van der Waals surface area contributed by atoms with Gasteiger partial charge >= 0.3 is 0 Å². The average molecular weight is 398 g/mol. The highest BCUT2D eigenvalue weighted by Gasteiger charge is 2.18. The maximum atomic E-state index is 12.5. The number of hydrogen-bond donors (Lipinski definition) is 1. The van der Waals surface area contributed by atoms with Gasteiger partial charge in [0.05, 0.1) is 17.3 Å². The number of carbonyl (C=O) groups excluding carboxylic acids is 1. The van der Waals surface area contributed by atoms with Crippen LogP contribution < -0.4 is 5.32 Å². The molecule has 0 spiro atoms. The van der Waals surface area contributed by atoms with Gasteiger partial charge in [-0.15, -0.1) is 0 Å². The zero-order valence-corrected chi connectivity index (χ0v) is 16.7. The molecular formula is C20H22N4O3S. The molecule has 0 aliphatic carbocycles. The van der Waals surface area contributed by atoms with E-state index in [1.165, 1.54) is 38.4 Å². The molecule has 1 amide bonds. The number of nitrogens with zero attached hydrogens (tertiary/aromatic N) is 3. The summed E-state index contributed by atoms with van der Waals surface area (Å²) in [6.45, 7) is 1.90. The highest BCUT2D eigenvalue weighted by molar-refractivity contribution is 7.89. The summed E-state index contributed by atoms with van der Waals surface area (Å²) in [5.41, 5.74) is 2.35. The molecule has 3 rings (SSSR count). The van der Waals surface area contributed by atoms with Gasteiger partial charge in [-0.05, 0) is 48.9 Å². The summed E-state index contributed by atoms with van der Waals surface area (Å²) in [6.07, 6.45) is 5.30. The molecule has 1 atom stereocenters. The number of nitrogens with one attached hydrogen (secondary N) is 1. The molecule has 0 bridgehead atoms. The lowest BCUT2D eigenvalue weighted by Gasteiger charge is -2.16. The van der Waals surface area contributed by atoms with Gasteiger partial charge in [0.1, 0.15) is 0 Å². The first kappa shape index (κ1) is 19.8. The van der Waals surface area contributed by atoms with Gasteiger partial charge in [-0.3, -0.25) is 4.79 Å². The van der Waals surface area contributed by atoms with E-state index < -0.39 is 10.0 Å². The summed E-state index contributed by atoms with van der Waals surface area (Å²) in [4.78, 5) is 16.7. The largest absolute Gasteiger partial charge is 0.346 e. The first-order chi connectivity index (χ1) is 13.3. The Morgan fingerprint density at radius 1 is 1.07 bits per heavy atom. The second kappa shape index (κ2) is 7.95. The van der Waals surface area contributed by atoms with Gasteiger partial charge in [-0.1, -0.05) is 12.1 Å². The van der Waals surface area contributed by atoms with E-state index in [-0.39, 0.29) is 16.8 Å². The van der Waals surface area contributed by atoms with Crippen LogP contribution in [0.15, 0.2) is 72.1 Å². The number of sulfonamides is 1. The zero-order chi connectivity index (χ0) is 20.3. The highest BCUT2D eigenvalue weighted by Crippen LogP contribution is 2.18. The Kier molecular flexibility index (Phi) is 5.62. The molecule has 1 aromatic heterocycles. The van der Waals surface area contributed by atoms with Crippen LogP contribution in [-0.4, -0.2) is 42.3 Å². The topological polar surface area (TPSA) is 84.3 Å². The maximum absolute atomic E-state index is 12.5. The van der Waals surface area contributed by atoms with Gasteiger partial charge in [0.15, 0.2) is 0 Å². The van der Waals surface area contributed by atoms with Crippen molar-refractivity contribution in [1.82, 2.24) is 19.2 Å². The molecule has 28 heavy (non-hydrogen) atoms. The second-order valence-corrected chi connectivity index (χ2v) is 8.72. The van der Waals surface area contributed by atoms with E-state index in [1.807, 2.05) is 42.0 Å². The minimum absolute atomic E-state index is 0.150. The third-order valence-electron chi connectivity index (χ3n) is 4.44. The number of aromatic nitrogens is 2. The Balaban J connectivity index is 1.69. The molecule has 1 heterocycles. The van der Waals surface area contributed by atoms with Crippen molar-refractivity contribution < 1.29 is 13.2 Å². The van der Waals surface area contributed by atoms with Crippen LogP contribution in [0.2, 0.25) is 0 Å². The first-order valence-electron chi connectivity index (χ1n) is 8.71. The smallest absolute Gasteiger partial charge is 0.251 e. The van der Waals surface area contributed by atoms with E-state index in [4.69, 9.17) is 0 Å². The molecule has 0 unspecified atom stereocenters. The number of amides is 1. The van der Waals surface area contributed by atoms with E-state index in [0.29, 0.717) is 5.56 Å². The zero-order valence-electron chi connectivity index (χ0n) is 15.9. The second-order valence-electron chi connectivity index (χ2n) is 6.57. The lowest BCUT2D eigenvalue weighted by Crippen LogP contribution is -2.27. The lowest BCUT2D eigenvalue weighted by atomic mass is 10.1. The fraction of sp³-hybridized carbons (Fsp3) is 0.200. The molecule has 2 aromatic carbocycles. The fourth-order valence-electron chi connectivity index (χ4n) is 2.70. The first-order valence-corrected chi connectivity index (χ1v) is 10.1. The minimum Gasteiger partial charge on any atom is -0.346 e. The molecule has 146 valence electrons. The van der Waals surface area contributed by atoms with Crippen molar-refractivity contribution in [3.8, 4) is 5.69 Å². The molecule has 8 heteroatoms.